The normalized spacial score (nSPS) is 10.2. The Morgan fingerprint density at radius 3 is 2.12 bits per heavy atom. The van der Waals surface area contributed by atoms with E-state index in [9.17, 15) is 4.79 Å². The lowest BCUT2D eigenvalue weighted by atomic mass is 9.85. The van der Waals surface area contributed by atoms with Gasteiger partial charge in [0.25, 0.3) is 0 Å². The number of hydrogen-bond donors (Lipinski definition) is 0. The molecule has 3 heteroatoms. The molecular weight excluding hydrogens is 280 g/mol. The molecule has 0 aliphatic heterocycles. The quantitative estimate of drug-likeness (QED) is 0.777. The lowest BCUT2D eigenvalue weighted by Gasteiger charge is -2.22. The molecule has 0 unspecified atom stereocenters. The Labute approximate surface area is 112 Å². The average Bonchev–Trinajstić information content (AvgIpc) is 2.32. The van der Waals surface area contributed by atoms with Crippen molar-refractivity contribution in [3.05, 3.63) is 34.3 Å². The summed E-state index contributed by atoms with van der Waals surface area (Å²) in [6.45, 7) is 9.97. The zero-order valence-corrected chi connectivity index (χ0v) is 12.8. The van der Waals surface area contributed by atoms with Crippen LogP contribution < -0.4 is 0 Å². The first-order valence-corrected chi connectivity index (χ1v) is 6.71. The van der Waals surface area contributed by atoms with Crippen molar-refractivity contribution in [3.8, 4) is 0 Å². The summed E-state index contributed by atoms with van der Waals surface area (Å²) in [5.74, 6) is -0.188. The molecular formula is C14H21BrO2. The van der Waals surface area contributed by atoms with E-state index in [1.165, 1.54) is 0 Å². The van der Waals surface area contributed by atoms with Crippen LogP contribution in [-0.4, -0.2) is 12.6 Å². The average molecular weight is 301 g/mol. The smallest absolute Gasteiger partial charge is 0.315 e. The van der Waals surface area contributed by atoms with E-state index in [0.717, 1.165) is 10.0 Å². The third-order valence-electron chi connectivity index (χ3n) is 2.35. The van der Waals surface area contributed by atoms with Gasteiger partial charge in [0.2, 0.25) is 0 Å². The molecule has 1 aromatic rings. The zero-order chi connectivity index (χ0) is 13.5. The second kappa shape index (κ2) is 7.49. The van der Waals surface area contributed by atoms with E-state index in [4.69, 9.17) is 4.74 Å². The number of halogens is 1. The number of esters is 1. The van der Waals surface area contributed by atoms with Crippen molar-refractivity contribution in [2.75, 3.05) is 6.61 Å². The summed E-state index contributed by atoms with van der Waals surface area (Å²) in [7, 11) is 0. The lowest BCUT2D eigenvalue weighted by molar-refractivity contribution is -0.148. The highest BCUT2D eigenvalue weighted by atomic mass is 79.9. The SMILES string of the molecule is CC.CCOC(=O)C(C)(C)c1ccc(Br)cc1. The fourth-order valence-corrected chi connectivity index (χ4v) is 1.56. The standard InChI is InChI=1S/C12H15BrO2.C2H6/c1-4-15-11(14)12(2,3)9-5-7-10(13)8-6-9;1-2/h5-8H,4H2,1-3H3;1-2H3. The van der Waals surface area contributed by atoms with Gasteiger partial charge in [0.15, 0.2) is 0 Å². The summed E-state index contributed by atoms with van der Waals surface area (Å²) >= 11 is 3.36. The fourth-order valence-electron chi connectivity index (χ4n) is 1.30. The molecule has 0 aromatic heterocycles. The van der Waals surface area contributed by atoms with Crippen LogP contribution in [0.3, 0.4) is 0 Å². The molecule has 0 aliphatic rings. The van der Waals surface area contributed by atoms with Crippen LogP contribution in [0.25, 0.3) is 0 Å². The Morgan fingerprint density at radius 1 is 1.24 bits per heavy atom. The van der Waals surface area contributed by atoms with Gasteiger partial charge < -0.3 is 4.74 Å². The summed E-state index contributed by atoms with van der Waals surface area (Å²) in [6.07, 6.45) is 0. The van der Waals surface area contributed by atoms with Gasteiger partial charge in [-0.2, -0.15) is 0 Å². The van der Waals surface area contributed by atoms with Crippen molar-refractivity contribution in [3.63, 3.8) is 0 Å². The number of rotatable bonds is 3. The molecule has 0 saturated heterocycles. The molecule has 17 heavy (non-hydrogen) atoms. The third-order valence-corrected chi connectivity index (χ3v) is 2.88. The van der Waals surface area contributed by atoms with Crippen LogP contribution in [0.4, 0.5) is 0 Å². The van der Waals surface area contributed by atoms with Gasteiger partial charge in [-0.05, 0) is 38.5 Å². The Hall–Kier alpha value is -0.830. The molecule has 0 atom stereocenters. The number of carbonyl (C=O) groups is 1. The van der Waals surface area contributed by atoms with Gasteiger partial charge >= 0.3 is 5.97 Å². The van der Waals surface area contributed by atoms with Gasteiger partial charge in [0.05, 0.1) is 12.0 Å². The molecule has 1 rings (SSSR count). The summed E-state index contributed by atoms with van der Waals surface area (Å²) in [5, 5.41) is 0. The van der Waals surface area contributed by atoms with Crippen molar-refractivity contribution >= 4 is 21.9 Å². The Balaban J connectivity index is 0.00000121. The van der Waals surface area contributed by atoms with Crippen LogP contribution in [0.1, 0.15) is 40.2 Å². The molecule has 0 N–H and O–H groups in total. The predicted molar refractivity (Wildman–Crippen MR) is 75.1 cm³/mol. The minimum atomic E-state index is -0.587. The Bertz CT molecular complexity index is 342. The molecule has 0 saturated carbocycles. The second-order valence-corrected chi connectivity index (χ2v) is 4.77. The van der Waals surface area contributed by atoms with Gasteiger partial charge in [0.1, 0.15) is 0 Å². The van der Waals surface area contributed by atoms with Gasteiger partial charge in [0, 0.05) is 4.47 Å². The summed E-state index contributed by atoms with van der Waals surface area (Å²) in [5.41, 5.74) is 0.376. The number of hydrogen-bond acceptors (Lipinski definition) is 2. The van der Waals surface area contributed by atoms with Crippen LogP contribution in [0.2, 0.25) is 0 Å². The van der Waals surface area contributed by atoms with Gasteiger partial charge in [-0.3, -0.25) is 4.79 Å². The van der Waals surface area contributed by atoms with E-state index in [1.807, 2.05) is 58.9 Å². The van der Waals surface area contributed by atoms with E-state index < -0.39 is 5.41 Å². The number of benzene rings is 1. The van der Waals surface area contributed by atoms with Gasteiger partial charge in [-0.25, -0.2) is 0 Å². The summed E-state index contributed by atoms with van der Waals surface area (Å²) in [4.78, 5) is 11.7. The van der Waals surface area contributed by atoms with Gasteiger partial charge in [-0.1, -0.05) is 41.9 Å². The second-order valence-electron chi connectivity index (χ2n) is 3.85. The van der Waals surface area contributed by atoms with E-state index >= 15 is 0 Å². The predicted octanol–water partition coefficient (Wildman–Crippen LogP) is 4.32. The minimum absolute atomic E-state index is 0.188. The van der Waals surface area contributed by atoms with Crippen molar-refractivity contribution in [1.29, 1.82) is 0 Å². The zero-order valence-electron chi connectivity index (χ0n) is 11.2. The molecule has 0 aliphatic carbocycles. The topological polar surface area (TPSA) is 26.3 Å². The Kier molecular flexibility index (Phi) is 7.12. The summed E-state index contributed by atoms with van der Waals surface area (Å²) in [6, 6.07) is 7.72. The van der Waals surface area contributed by atoms with E-state index in [1.54, 1.807) is 0 Å². The van der Waals surface area contributed by atoms with Crippen molar-refractivity contribution in [2.45, 2.75) is 40.0 Å². The van der Waals surface area contributed by atoms with Crippen LogP contribution >= 0.6 is 15.9 Å². The van der Waals surface area contributed by atoms with Gasteiger partial charge in [-0.15, -0.1) is 0 Å². The van der Waals surface area contributed by atoms with Crippen molar-refractivity contribution in [1.82, 2.24) is 0 Å². The van der Waals surface area contributed by atoms with Crippen LogP contribution in [-0.2, 0) is 14.9 Å². The maximum atomic E-state index is 11.7. The molecule has 0 bridgehead atoms. The summed E-state index contributed by atoms with van der Waals surface area (Å²) < 4.78 is 6.05. The first kappa shape index (κ1) is 16.2. The van der Waals surface area contributed by atoms with Crippen molar-refractivity contribution < 1.29 is 9.53 Å². The molecule has 0 amide bonds. The first-order valence-electron chi connectivity index (χ1n) is 5.91. The molecule has 96 valence electrons. The van der Waals surface area contributed by atoms with E-state index in [-0.39, 0.29) is 5.97 Å². The highest BCUT2D eigenvalue weighted by molar-refractivity contribution is 9.10. The number of ether oxygens (including phenoxy) is 1. The number of carbonyl (C=O) groups excluding carboxylic acids is 1. The maximum Gasteiger partial charge on any atom is 0.315 e. The largest absolute Gasteiger partial charge is 0.465 e. The molecule has 0 heterocycles. The lowest BCUT2D eigenvalue weighted by Crippen LogP contribution is -2.31. The van der Waals surface area contributed by atoms with E-state index in [0.29, 0.717) is 6.61 Å². The monoisotopic (exact) mass is 300 g/mol. The highest BCUT2D eigenvalue weighted by Gasteiger charge is 2.30. The van der Waals surface area contributed by atoms with E-state index in [2.05, 4.69) is 15.9 Å². The van der Waals surface area contributed by atoms with Crippen LogP contribution in [0.5, 0.6) is 0 Å². The van der Waals surface area contributed by atoms with Crippen LogP contribution in [0.15, 0.2) is 28.7 Å². The molecule has 1 aromatic carbocycles. The molecule has 0 radical (unpaired) electrons. The fraction of sp³-hybridized carbons (Fsp3) is 0.500. The van der Waals surface area contributed by atoms with Crippen molar-refractivity contribution in [2.24, 2.45) is 0 Å². The first-order chi connectivity index (χ1) is 7.98. The van der Waals surface area contributed by atoms with Crippen LogP contribution in [0, 0.1) is 0 Å². The third kappa shape index (κ3) is 4.50. The minimum Gasteiger partial charge on any atom is -0.465 e. The highest BCUT2D eigenvalue weighted by Crippen LogP contribution is 2.26. The molecule has 0 spiro atoms. The Morgan fingerprint density at radius 2 is 1.71 bits per heavy atom. The molecule has 0 fully saturated rings. The maximum absolute atomic E-state index is 11.7. The molecule has 2 nitrogen and oxygen atoms in total.